The Hall–Kier alpha value is -2.71. The SMILES string of the molecule is N#Cc1ccc(N2C(=O)CC(c3ccc(Br)cc3)C3=C2CCCC3=O)cc1. The Labute approximate surface area is 166 Å². The van der Waals surface area contributed by atoms with Gasteiger partial charge in [0.25, 0.3) is 0 Å². The first-order valence-corrected chi connectivity index (χ1v) is 9.72. The van der Waals surface area contributed by atoms with E-state index in [1.165, 1.54) is 0 Å². The molecular formula is C22H17BrN2O2. The van der Waals surface area contributed by atoms with Crippen LogP contribution in [0.15, 0.2) is 64.3 Å². The van der Waals surface area contributed by atoms with Gasteiger partial charge in [0.15, 0.2) is 5.78 Å². The number of nitrogens with zero attached hydrogens (tertiary/aromatic N) is 2. The van der Waals surface area contributed by atoms with Crippen LogP contribution in [0.4, 0.5) is 5.69 Å². The number of anilines is 1. The van der Waals surface area contributed by atoms with Crippen molar-refractivity contribution in [2.45, 2.75) is 31.6 Å². The number of carbonyl (C=O) groups excluding carboxylic acids is 2. The maximum Gasteiger partial charge on any atom is 0.232 e. The number of allylic oxidation sites excluding steroid dienone is 2. The molecule has 4 nitrogen and oxygen atoms in total. The van der Waals surface area contributed by atoms with Crippen LogP contribution in [0.5, 0.6) is 0 Å². The molecule has 1 aliphatic heterocycles. The smallest absolute Gasteiger partial charge is 0.232 e. The van der Waals surface area contributed by atoms with Gasteiger partial charge in [-0.2, -0.15) is 5.26 Å². The fraction of sp³-hybridized carbons (Fsp3) is 0.227. The highest BCUT2D eigenvalue weighted by molar-refractivity contribution is 9.10. The monoisotopic (exact) mass is 420 g/mol. The molecular weight excluding hydrogens is 404 g/mol. The molecule has 2 aromatic rings. The molecule has 1 heterocycles. The summed E-state index contributed by atoms with van der Waals surface area (Å²) in [5.41, 5.74) is 3.85. The first-order chi connectivity index (χ1) is 13.1. The van der Waals surface area contributed by atoms with E-state index in [4.69, 9.17) is 5.26 Å². The fourth-order valence-corrected chi connectivity index (χ4v) is 4.22. The number of benzene rings is 2. The zero-order chi connectivity index (χ0) is 19.0. The van der Waals surface area contributed by atoms with Gasteiger partial charge in [0, 0.05) is 40.2 Å². The summed E-state index contributed by atoms with van der Waals surface area (Å²) in [6.45, 7) is 0. The summed E-state index contributed by atoms with van der Waals surface area (Å²) in [4.78, 5) is 27.6. The fourth-order valence-electron chi connectivity index (χ4n) is 3.96. The van der Waals surface area contributed by atoms with Gasteiger partial charge < -0.3 is 0 Å². The van der Waals surface area contributed by atoms with Crippen LogP contribution in [0.2, 0.25) is 0 Å². The van der Waals surface area contributed by atoms with Gasteiger partial charge in [-0.05, 0) is 54.8 Å². The lowest BCUT2D eigenvalue weighted by molar-refractivity contribution is -0.119. The van der Waals surface area contributed by atoms with Gasteiger partial charge in [0.1, 0.15) is 0 Å². The summed E-state index contributed by atoms with van der Waals surface area (Å²) in [5.74, 6) is -0.0700. The number of ketones is 1. The van der Waals surface area contributed by atoms with Crippen LogP contribution >= 0.6 is 15.9 Å². The second-order valence-corrected chi connectivity index (χ2v) is 7.75. The molecule has 0 saturated heterocycles. The number of rotatable bonds is 2. The lowest BCUT2D eigenvalue weighted by Crippen LogP contribution is -2.40. The molecule has 0 aromatic heterocycles. The van der Waals surface area contributed by atoms with E-state index in [0.717, 1.165) is 33.4 Å². The normalized spacial score (nSPS) is 19.7. The number of halogens is 1. The average molecular weight is 421 g/mol. The molecule has 2 aromatic carbocycles. The van der Waals surface area contributed by atoms with Crippen molar-refractivity contribution in [2.75, 3.05) is 4.90 Å². The Bertz CT molecular complexity index is 984. The summed E-state index contributed by atoms with van der Waals surface area (Å²) in [5, 5.41) is 9.01. The van der Waals surface area contributed by atoms with E-state index in [-0.39, 0.29) is 24.0 Å². The van der Waals surface area contributed by atoms with E-state index >= 15 is 0 Å². The van der Waals surface area contributed by atoms with Gasteiger partial charge >= 0.3 is 0 Å². The van der Waals surface area contributed by atoms with Crippen LogP contribution in [0.25, 0.3) is 0 Å². The minimum atomic E-state index is -0.192. The minimum absolute atomic E-state index is 0.0129. The molecule has 0 N–H and O–H groups in total. The van der Waals surface area contributed by atoms with Crippen LogP contribution in [-0.4, -0.2) is 11.7 Å². The van der Waals surface area contributed by atoms with E-state index in [9.17, 15) is 9.59 Å². The Morgan fingerprint density at radius 3 is 2.37 bits per heavy atom. The highest BCUT2D eigenvalue weighted by Crippen LogP contribution is 2.43. The molecule has 1 unspecified atom stereocenters. The summed E-state index contributed by atoms with van der Waals surface area (Å²) in [7, 11) is 0. The molecule has 5 heteroatoms. The molecule has 1 amide bonds. The number of carbonyl (C=O) groups is 2. The topological polar surface area (TPSA) is 61.2 Å². The van der Waals surface area contributed by atoms with Crippen molar-refractivity contribution < 1.29 is 9.59 Å². The molecule has 4 rings (SSSR count). The lowest BCUT2D eigenvalue weighted by Gasteiger charge is -2.38. The van der Waals surface area contributed by atoms with Crippen molar-refractivity contribution in [3.8, 4) is 6.07 Å². The Kier molecular flexibility index (Phi) is 4.67. The van der Waals surface area contributed by atoms with E-state index in [2.05, 4.69) is 22.0 Å². The molecule has 1 aliphatic carbocycles. The third kappa shape index (κ3) is 3.22. The van der Waals surface area contributed by atoms with Crippen molar-refractivity contribution in [1.82, 2.24) is 0 Å². The predicted octanol–water partition coefficient (Wildman–Crippen LogP) is 4.85. The molecule has 0 bridgehead atoms. The molecule has 0 fully saturated rings. The van der Waals surface area contributed by atoms with Gasteiger partial charge in [-0.1, -0.05) is 28.1 Å². The van der Waals surface area contributed by atoms with E-state index in [1.807, 2.05) is 24.3 Å². The largest absolute Gasteiger partial charge is 0.294 e. The third-order valence-corrected chi connectivity index (χ3v) is 5.73. The minimum Gasteiger partial charge on any atom is -0.294 e. The highest BCUT2D eigenvalue weighted by Gasteiger charge is 2.39. The van der Waals surface area contributed by atoms with E-state index in [0.29, 0.717) is 18.4 Å². The second kappa shape index (κ2) is 7.13. The maximum absolute atomic E-state index is 13.1. The zero-order valence-corrected chi connectivity index (χ0v) is 16.2. The van der Waals surface area contributed by atoms with Crippen LogP contribution in [0.1, 0.15) is 42.7 Å². The van der Waals surface area contributed by atoms with Gasteiger partial charge in [0.2, 0.25) is 5.91 Å². The number of hydrogen-bond acceptors (Lipinski definition) is 3. The highest BCUT2D eigenvalue weighted by atomic mass is 79.9. The Balaban J connectivity index is 1.82. The van der Waals surface area contributed by atoms with Crippen molar-refractivity contribution in [1.29, 1.82) is 5.26 Å². The first-order valence-electron chi connectivity index (χ1n) is 8.93. The van der Waals surface area contributed by atoms with Crippen molar-refractivity contribution >= 4 is 33.3 Å². The van der Waals surface area contributed by atoms with Crippen molar-refractivity contribution in [2.24, 2.45) is 0 Å². The van der Waals surface area contributed by atoms with Gasteiger partial charge in [-0.25, -0.2) is 0 Å². The molecule has 0 spiro atoms. The molecule has 1 atom stereocenters. The molecule has 0 saturated carbocycles. The zero-order valence-electron chi connectivity index (χ0n) is 14.6. The summed E-state index contributed by atoms with van der Waals surface area (Å²) >= 11 is 3.44. The number of hydrogen-bond donors (Lipinski definition) is 0. The van der Waals surface area contributed by atoms with Crippen LogP contribution in [0.3, 0.4) is 0 Å². The van der Waals surface area contributed by atoms with Crippen LogP contribution in [0, 0.1) is 11.3 Å². The summed E-state index contributed by atoms with van der Waals surface area (Å²) in [6.07, 6.45) is 2.26. The van der Waals surface area contributed by atoms with Crippen molar-refractivity contribution in [3.63, 3.8) is 0 Å². The maximum atomic E-state index is 13.1. The van der Waals surface area contributed by atoms with Gasteiger partial charge in [-0.15, -0.1) is 0 Å². The average Bonchev–Trinajstić information content (AvgIpc) is 2.68. The molecule has 134 valence electrons. The van der Waals surface area contributed by atoms with E-state index < -0.39 is 0 Å². The summed E-state index contributed by atoms with van der Waals surface area (Å²) in [6, 6.07) is 16.9. The molecule has 2 aliphatic rings. The Morgan fingerprint density at radius 2 is 1.70 bits per heavy atom. The number of Topliss-reactive ketones (excluding diaryl/α,β-unsaturated/α-hetero) is 1. The predicted molar refractivity (Wildman–Crippen MR) is 106 cm³/mol. The number of nitriles is 1. The first kappa shape index (κ1) is 17.7. The van der Waals surface area contributed by atoms with Crippen molar-refractivity contribution in [3.05, 3.63) is 75.4 Å². The van der Waals surface area contributed by atoms with Gasteiger partial charge in [0.05, 0.1) is 11.6 Å². The van der Waals surface area contributed by atoms with Crippen LogP contribution in [-0.2, 0) is 9.59 Å². The standard InChI is InChI=1S/C22H17BrN2O2/c23-16-8-6-15(7-9-16)18-12-21(27)25(17-10-4-14(13-24)5-11-17)19-2-1-3-20(26)22(18)19/h4-11,18H,1-3,12H2. The Morgan fingerprint density at radius 1 is 1.00 bits per heavy atom. The molecule has 27 heavy (non-hydrogen) atoms. The molecule has 0 radical (unpaired) electrons. The summed E-state index contributed by atoms with van der Waals surface area (Å²) < 4.78 is 0.969. The quantitative estimate of drug-likeness (QED) is 0.697. The van der Waals surface area contributed by atoms with E-state index in [1.54, 1.807) is 29.2 Å². The number of amides is 1. The van der Waals surface area contributed by atoms with Gasteiger partial charge in [-0.3, -0.25) is 14.5 Å². The second-order valence-electron chi connectivity index (χ2n) is 6.83. The lowest BCUT2D eigenvalue weighted by atomic mass is 9.77. The third-order valence-electron chi connectivity index (χ3n) is 5.20. The van der Waals surface area contributed by atoms with Crippen LogP contribution < -0.4 is 4.90 Å².